The third-order valence-electron chi connectivity index (χ3n) is 2.90. The summed E-state index contributed by atoms with van der Waals surface area (Å²) >= 11 is 1.35. The summed E-state index contributed by atoms with van der Waals surface area (Å²) in [5.41, 5.74) is -0.515. The molecule has 2 heterocycles. The second-order valence-corrected chi connectivity index (χ2v) is 7.25. The number of carbonyl (C=O) groups is 3. The van der Waals surface area contributed by atoms with Gasteiger partial charge in [0.05, 0.1) is 12.2 Å². The quantitative estimate of drug-likeness (QED) is 0.486. The average molecular weight is 337 g/mol. The Balaban J connectivity index is 2.50. The van der Waals surface area contributed by atoms with Gasteiger partial charge in [0.25, 0.3) is 5.78 Å². The summed E-state index contributed by atoms with van der Waals surface area (Å²) < 4.78 is 11.4. The Morgan fingerprint density at radius 1 is 1.26 bits per heavy atom. The number of rotatable bonds is 3. The van der Waals surface area contributed by atoms with E-state index in [-0.39, 0.29) is 12.2 Å². The van der Waals surface area contributed by atoms with Crippen LogP contribution in [0.25, 0.3) is 10.2 Å². The van der Waals surface area contributed by atoms with Crippen molar-refractivity contribution in [1.29, 1.82) is 0 Å². The SMILES string of the molecule is CCOC(=O)C(=O)c1cn(C(=O)OC(C)(C)C)c2sc(C)cc12. The summed E-state index contributed by atoms with van der Waals surface area (Å²) in [5.74, 6) is -1.70. The van der Waals surface area contributed by atoms with E-state index in [4.69, 9.17) is 9.47 Å². The number of ketones is 1. The number of ether oxygens (including phenoxy) is 2. The number of nitrogens with zero attached hydrogens (tertiary/aromatic N) is 1. The maximum absolute atomic E-state index is 12.3. The molecule has 0 spiro atoms. The van der Waals surface area contributed by atoms with Crippen molar-refractivity contribution >= 4 is 39.4 Å². The summed E-state index contributed by atoms with van der Waals surface area (Å²) in [5, 5.41) is 0.552. The minimum absolute atomic E-state index is 0.114. The molecule has 124 valence electrons. The summed E-state index contributed by atoms with van der Waals surface area (Å²) in [6.45, 7) is 8.88. The molecule has 0 bridgehead atoms. The smallest absolute Gasteiger partial charge is 0.419 e. The monoisotopic (exact) mass is 337 g/mol. The zero-order valence-corrected chi connectivity index (χ0v) is 14.6. The summed E-state index contributed by atoms with van der Waals surface area (Å²) in [6, 6.07) is 1.77. The van der Waals surface area contributed by atoms with E-state index in [1.807, 2.05) is 6.92 Å². The fraction of sp³-hybridized carbons (Fsp3) is 0.438. The van der Waals surface area contributed by atoms with Crippen molar-refractivity contribution in [3.05, 3.63) is 22.7 Å². The molecule has 0 atom stereocenters. The Morgan fingerprint density at radius 2 is 1.91 bits per heavy atom. The Morgan fingerprint density at radius 3 is 2.48 bits per heavy atom. The van der Waals surface area contributed by atoms with E-state index < -0.39 is 23.4 Å². The fourth-order valence-electron chi connectivity index (χ4n) is 2.07. The van der Waals surface area contributed by atoms with Gasteiger partial charge < -0.3 is 9.47 Å². The van der Waals surface area contributed by atoms with Gasteiger partial charge in [-0.25, -0.2) is 14.2 Å². The first-order valence-electron chi connectivity index (χ1n) is 7.20. The lowest BCUT2D eigenvalue weighted by Gasteiger charge is -2.19. The van der Waals surface area contributed by atoms with Crippen molar-refractivity contribution in [1.82, 2.24) is 4.57 Å². The highest BCUT2D eigenvalue weighted by molar-refractivity contribution is 7.18. The van der Waals surface area contributed by atoms with Crippen molar-refractivity contribution in [3.8, 4) is 0 Å². The van der Waals surface area contributed by atoms with Crippen molar-refractivity contribution < 1.29 is 23.9 Å². The lowest BCUT2D eigenvalue weighted by molar-refractivity contribution is -0.137. The third kappa shape index (κ3) is 3.61. The first-order chi connectivity index (χ1) is 10.6. The van der Waals surface area contributed by atoms with Crippen molar-refractivity contribution in [2.75, 3.05) is 6.61 Å². The summed E-state index contributed by atoms with van der Waals surface area (Å²) in [4.78, 5) is 37.8. The Bertz CT molecular complexity index is 778. The van der Waals surface area contributed by atoms with Crippen LogP contribution in [0.1, 0.15) is 42.9 Å². The van der Waals surface area contributed by atoms with Crippen molar-refractivity contribution in [2.24, 2.45) is 0 Å². The normalized spacial score (nSPS) is 11.5. The van der Waals surface area contributed by atoms with Gasteiger partial charge in [-0.1, -0.05) is 0 Å². The molecule has 2 aromatic heterocycles. The van der Waals surface area contributed by atoms with E-state index in [0.717, 1.165) is 4.88 Å². The van der Waals surface area contributed by atoms with Crippen molar-refractivity contribution in [2.45, 2.75) is 40.2 Å². The molecule has 0 fully saturated rings. The van der Waals surface area contributed by atoms with Crippen LogP contribution in [0.3, 0.4) is 0 Å². The number of hydrogen-bond donors (Lipinski definition) is 0. The van der Waals surface area contributed by atoms with E-state index in [0.29, 0.717) is 10.2 Å². The lowest BCUT2D eigenvalue weighted by atomic mass is 10.1. The van der Waals surface area contributed by atoms with E-state index in [1.54, 1.807) is 33.8 Å². The average Bonchev–Trinajstić information content (AvgIpc) is 2.93. The summed E-state index contributed by atoms with van der Waals surface area (Å²) in [6.07, 6.45) is 0.751. The Kier molecular flexibility index (Phi) is 4.61. The molecule has 0 amide bonds. The van der Waals surface area contributed by atoms with Gasteiger partial charge in [0.1, 0.15) is 10.4 Å². The van der Waals surface area contributed by atoms with Gasteiger partial charge in [-0.15, -0.1) is 11.3 Å². The van der Waals surface area contributed by atoms with Gasteiger partial charge in [0.15, 0.2) is 0 Å². The van der Waals surface area contributed by atoms with Crippen molar-refractivity contribution in [3.63, 3.8) is 0 Å². The molecule has 6 nitrogen and oxygen atoms in total. The second kappa shape index (κ2) is 6.16. The minimum Gasteiger partial charge on any atom is -0.460 e. The first kappa shape index (κ1) is 17.2. The van der Waals surface area contributed by atoms with Gasteiger partial charge in [-0.05, 0) is 40.7 Å². The highest BCUT2D eigenvalue weighted by Gasteiger charge is 2.27. The van der Waals surface area contributed by atoms with E-state index in [2.05, 4.69) is 0 Å². The van der Waals surface area contributed by atoms with Gasteiger partial charge in [-0.3, -0.25) is 4.79 Å². The Labute approximate surface area is 138 Å². The number of aromatic nitrogens is 1. The standard InChI is InChI=1S/C16H19NO5S/c1-6-21-14(19)12(18)11-8-17(15(20)22-16(3,4)5)13-10(11)7-9(2)23-13/h7-8H,6H2,1-5H3. The van der Waals surface area contributed by atoms with Crippen LogP contribution in [0, 0.1) is 6.92 Å². The van der Waals surface area contributed by atoms with Crippen LogP contribution in [0.5, 0.6) is 0 Å². The van der Waals surface area contributed by atoms with Crippen LogP contribution >= 0.6 is 11.3 Å². The van der Waals surface area contributed by atoms with Gasteiger partial charge in [-0.2, -0.15) is 0 Å². The third-order valence-corrected chi connectivity index (χ3v) is 3.95. The molecule has 2 rings (SSSR count). The van der Waals surface area contributed by atoms with E-state index in [1.165, 1.54) is 22.1 Å². The van der Waals surface area contributed by atoms with Crippen LogP contribution < -0.4 is 0 Å². The minimum atomic E-state index is -0.931. The number of fused-ring (bicyclic) bond motifs is 1. The molecule has 23 heavy (non-hydrogen) atoms. The van der Waals surface area contributed by atoms with Gasteiger partial charge in [0.2, 0.25) is 0 Å². The summed E-state index contributed by atoms with van der Waals surface area (Å²) in [7, 11) is 0. The van der Waals surface area contributed by atoms with Crippen LogP contribution in [-0.4, -0.2) is 34.6 Å². The van der Waals surface area contributed by atoms with Crippen LogP contribution in [0.15, 0.2) is 12.3 Å². The highest BCUT2D eigenvalue weighted by Crippen LogP contribution is 2.31. The molecule has 0 saturated carbocycles. The molecule has 0 aliphatic carbocycles. The number of aryl methyl sites for hydroxylation is 1. The molecule has 0 saturated heterocycles. The van der Waals surface area contributed by atoms with Crippen LogP contribution in [-0.2, 0) is 14.3 Å². The number of esters is 1. The van der Waals surface area contributed by atoms with Gasteiger partial charge in [0, 0.05) is 16.5 Å². The van der Waals surface area contributed by atoms with E-state index >= 15 is 0 Å². The predicted octanol–water partition coefficient (Wildman–Crippen LogP) is 3.54. The number of thiophene rings is 1. The fourth-order valence-corrected chi connectivity index (χ4v) is 3.05. The van der Waals surface area contributed by atoms with Crippen LogP contribution in [0.4, 0.5) is 4.79 Å². The lowest BCUT2D eigenvalue weighted by Crippen LogP contribution is -2.26. The first-order valence-corrected chi connectivity index (χ1v) is 8.02. The maximum atomic E-state index is 12.3. The molecular weight excluding hydrogens is 318 g/mol. The molecule has 0 aliphatic rings. The zero-order chi connectivity index (χ0) is 17.4. The van der Waals surface area contributed by atoms with Crippen LogP contribution in [0.2, 0.25) is 0 Å². The zero-order valence-electron chi connectivity index (χ0n) is 13.8. The number of Topliss-reactive ketones (excluding diaryl/α,β-unsaturated/α-hetero) is 1. The largest absolute Gasteiger partial charge is 0.460 e. The molecule has 0 radical (unpaired) electrons. The Hall–Kier alpha value is -2.15. The molecular formula is C16H19NO5S. The molecule has 0 N–H and O–H groups in total. The topological polar surface area (TPSA) is 74.6 Å². The van der Waals surface area contributed by atoms with Gasteiger partial charge >= 0.3 is 12.1 Å². The molecule has 0 aromatic carbocycles. The highest BCUT2D eigenvalue weighted by atomic mass is 32.1. The second-order valence-electron chi connectivity index (χ2n) is 6.02. The maximum Gasteiger partial charge on any atom is 0.419 e. The molecule has 7 heteroatoms. The number of carbonyl (C=O) groups excluding carboxylic acids is 3. The molecule has 2 aromatic rings. The number of hydrogen-bond acceptors (Lipinski definition) is 6. The van der Waals surface area contributed by atoms with E-state index in [9.17, 15) is 14.4 Å². The predicted molar refractivity (Wildman–Crippen MR) is 87.1 cm³/mol. The molecule has 0 unspecified atom stereocenters. The molecule has 0 aliphatic heterocycles.